The van der Waals surface area contributed by atoms with E-state index >= 15 is 0 Å². The van der Waals surface area contributed by atoms with E-state index in [1.54, 1.807) is 12.4 Å². The zero-order chi connectivity index (χ0) is 19.4. The Kier molecular flexibility index (Phi) is 3.56. The Labute approximate surface area is 167 Å². The summed E-state index contributed by atoms with van der Waals surface area (Å²) in [7, 11) is 0. The second-order valence-electron chi connectivity index (χ2n) is 7.92. The van der Waals surface area contributed by atoms with Gasteiger partial charge in [0.1, 0.15) is 12.1 Å². The topological polar surface area (TPSA) is 68.8 Å². The molecule has 0 radical (unpaired) electrons. The van der Waals surface area contributed by atoms with Crippen molar-refractivity contribution < 1.29 is 0 Å². The molecule has 1 saturated heterocycles. The molecule has 0 amide bonds. The van der Waals surface area contributed by atoms with E-state index in [1.807, 2.05) is 51.8 Å². The van der Waals surface area contributed by atoms with Gasteiger partial charge in [0.25, 0.3) is 5.56 Å². The first kappa shape index (κ1) is 16.5. The molecule has 7 heteroatoms. The molecule has 2 atom stereocenters. The van der Waals surface area contributed by atoms with Crippen LogP contribution in [0.1, 0.15) is 18.2 Å². The summed E-state index contributed by atoms with van der Waals surface area (Å²) >= 11 is 0. The largest absolute Gasteiger partial charge is 0.354 e. The number of nitrogens with zero attached hydrogens (tertiary/aromatic N) is 6. The maximum atomic E-state index is 12.5. The third kappa shape index (κ3) is 2.57. The first-order valence-corrected chi connectivity index (χ1v) is 9.97. The highest BCUT2D eigenvalue weighted by atomic mass is 16.1. The summed E-state index contributed by atoms with van der Waals surface area (Å²) in [6, 6.07) is 15.8. The Balaban J connectivity index is 1.42. The third-order valence-electron chi connectivity index (χ3n) is 6.10. The van der Waals surface area contributed by atoms with Crippen molar-refractivity contribution in [1.82, 2.24) is 24.3 Å². The van der Waals surface area contributed by atoms with Gasteiger partial charge in [0.15, 0.2) is 5.65 Å². The summed E-state index contributed by atoms with van der Waals surface area (Å²) in [5.74, 6) is 1.42. The van der Waals surface area contributed by atoms with Crippen LogP contribution >= 0.6 is 0 Å². The number of pyridine rings is 1. The summed E-state index contributed by atoms with van der Waals surface area (Å²) in [5, 5.41) is 5.52. The monoisotopic (exact) mass is 384 g/mol. The Morgan fingerprint density at radius 2 is 1.86 bits per heavy atom. The molecule has 4 aromatic rings. The van der Waals surface area contributed by atoms with E-state index in [4.69, 9.17) is 0 Å². The van der Waals surface area contributed by atoms with Gasteiger partial charge >= 0.3 is 0 Å². The first-order chi connectivity index (χ1) is 14.3. The zero-order valence-electron chi connectivity index (χ0n) is 15.8. The van der Waals surface area contributed by atoms with Crippen LogP contribution in [0.5, 0.6) is 0 Å². The lowest BCUT2D eigenvalue weighted by atomic mass is 9.86. The number of benzene rings is 1. The number of hydrogen-bond donors (Lipinski definition) is 0. The second-order valence-corrected chi connectivity index (χ2v) is 7.92. The Morgan fingerprint density at radius 3 is 2.76 bits per heavy atom. The molecule has 29 heavy (non-hydrogen) atoms. The normalized spacial score (nSPS) is 20.6. The van der Waals surface area contributed by atoms with Crippen LogP contribution in [-0.2, 0) is 6.42 Å². The van der Waals surface area contributed by atoms with Gasteiger partial charge in [-0.1, -0.05) is 24.3 Å². The number of rotatable bonds is 2. The number of aromatic nitrogens is 5. The second kappa shape index (κ2) is 6.27. The molecule has 0 saturated carbocycles. The molecule has 2 aliphatic rings. The predicted octanol–water partition coefficient (Wildman–Crippen LogP) is 2.60. The van der Waals surface area contributed by atoms with Crippen molar-refractivity contribution >= 4 is 16.9 Å². The highest BCUT2D eigenvalue weighted by molar-refractivity contribution is 5.87. The van der Waals surface area contributed by atoms with Gasteiger partial charge in [0, 0.05) is 24.8 Å². The molecule has 2 aliphatic heterocycles. The third-order valence-corrected chi connectivity index (χ3v) is 6.10. The van der Waals surface area contributed by atoms with Gasteiger partial charge in [-0.3, -0.25) is 4.79 Å². The van der Waals surface area contributed by atoms with E-state index in [1.165, 1.54) is 0 Å². The summed E-state index contributed by atoms with van der Waals surface area (Å²) in [6.07, 6.45) is 5.44. The molecule has 144 valence electrons. The predicted molar refractivity (Wildman–Crippen MR) is 110 cm³/mol. The van der Waals surface area contributed by atoms with E-state index in [0.717, 1.165) is 54.2 Å². The van der Waals surface area contributed by atoms with E-state index in [2.05, 4.69) is 26.0 Å². The van der Waals surface area contributed by atoms with E-state index < -0.39 is 0 Å². The quantitative estimate of drug-likeness (QED) is 0.531. The Bertz CT molecular complexity index is 1260. The number of fused-ring (bicyclic) bond motifs is 5. The molecule has 0 N–H and O–H groups in total. The summed E-state index contributed by atoms with van der Waals surface area (Å²) in [5.41, 5.74) is 3.03. The van der Waals surface area contributed by atoms with Crippen LogP contribution in [-0.4, -0.2) is 37.4 Å². The number of piperidine rings is 1. The fourth-order valence-corrected chi connectivity index (χ4v) is 4.94. The van der Waals surface area contributed by atoms with Crippen LogP contribution in [0.15, 0.2) is 65.8 Å². The average Bonchev–Trinajstić information content (AvgIpc) is 3.18. The molecule has 0 aliphatic carbocycles. The lowest BCUT2D eigenvalue weighted by molar-refractivity contribution is 0.263. The Hall–Kier alpha value is -3.48. The van der Waals surface area contributed by atoms with Crippen LogP contribution < -0.4 is 10.5 Å². The van der Waals surface area contributed by atoms with Crippen molar-refractivity contribution in [1.29, 1.82) is 0 Å². The summed E-state index contributed by atoms with van der Waals surface area (Å²) < 4.78 is 3.83. The maximum Gasteiger partial charge on any atom is 0.251 e. The lowest BCUT2D eigenvalue weighted by Gasteiger charge is -2.43. The van der Waals surface area contributed by atoms with E-state index in [-0.39, 0.29) is 11.6 Å². The maximum absolute atomic E-state index is 12.5. The molecule has 5 heterocycles. The molecule has 0 spiro atoms. The first-order valence-electron chi connectivity index (χ1n) is 9.97. The van der Waals surface area contributed by atoms with Crippen molar-refractivity contribution in [2.75, 3.05) is 18.0 Å². The minimum Gasteiger partial charge on any atom is -0.354 e. The standard InChI is InChI=1S/C22H20N6O/c29-20-8-4-7-17-9-15-10-18(27(17)20)13-26(12-15)21-19-11-25-28(22(19)24-14-23-21)16-5-2-1-3-6-16/h1-8,11,14-15,18H,9-10,12-13H2. The molecule has 3 aromatic heterocycles. The smallest absolute Gasteiger partial charge is 0.251 e. The molecule has 1 aromatic carbocycles. The molecule has 1 fully saturated rings. The highest BCUT2D eigenvalue weighted by Crippen LogP contribution is 2.36. The minimum atomic E-state index is 0.0949. The van der Waals surface area contributed by atoms with Gasteiger partial charge in [-0.2, -0.15) is 5.10 Å². The van der Waals surface area contributed by atoms with Crippen LogP contribution in [0.3, 0.4) is 0 Å². The van der Waals surface area contributed by atoms with Crippen molar-refractivity contribution in [2.45, 2.75) is 18.9 Å². The van der Waals surface area contributed by atoms with Gasteiger partial charge < -0.3 is 9.47 Å². The average molecular weight is 384 g/mol. The van der Waals surface area contributed by atoms with Gasteiger partial charge in [0.2, 0.25) is 0 Å². The zero-order valence-corrected chi connectivity index (χ0v) is 15.8. The van der Waals surface area contributed by atoms with E-state index in [9.17, 15) is 4.79 Å². The number of anilines is 1. The molecular formula is C22H20N6O. The SMILES string of the molecule is O=c1cccc2n1C1CC(C2)CN(c2ncnc3c2cnn3-c2ccccc2)C1. The van der Waals surface area contributed by atoms with Crippen LogP contribution in [0, 0.1) is 5.92 Å². The van der Waals surface area contributed by atoms with Crippen LogP contribution in [0.25, 0.3) is 16.7 Å². The number of para-hydroxylation sites is 1. The molecular weight excluding hydrogens is 364 g/mol. The molecule has 2 unspecified atom stereocenters. The van der Waals surface area contributed by atoms with Crippen molar-refractivity contribution in [3.63, 3.8) is 0 Å². The van der Waals surface area contributed by atoms with Gasteiger partial charge in [-0.05, 0) is 37.0 Å². The van der Waals surface area contributed by atoms with Crippen LogP contribution in [0.2, 0.25) is 0 Å². The summed E-state index contributed by atoms with van der Waals surface area (Å²) in [6.45, 7) is 1.71. The number of hydrogen-bond acceptors (Lipinski definition) is 5. The van der Waals surface area contributed by atoms with E-state index in [0.29, 0.717) is 5.92 Å². The molecule has 7 nitrogen and oxygen atoms in total. The van der Waals surface area contributed by atoms with Gasteiger partial charge in [-0.15, -0.1) is 0 Å². The Morgan fingerprint density at radius 1 is 0.966 bits per heavy atom. The lowest BCUT2D eigenvalue weighted by Crippen LogP contribution is -2.48. The fourth-order valence-electron chi connectivity index (χ4n) is 4.94. The highest BCUT2D eigenvalue weighted by Gasteiger charge is 2.35. The minimum absolute atomic E-state index is 0.0949. The van der Waals surface area contributed by atoms with Gasteiger partial charge in [-0.25, -0.2) is 14.6 Å². The van der Waals surface area contributed by atoms with Crippen LogP contribution in [0.4, 0.5) is 5.82 Å². The van der Waals surface area contributed by atoms with Crippen molar-refractivity contribution in [2.24, 2.45) is 5.92 Å². The molecule has 2 bridgehead atoms. The fraction of sp³-hybridized carbons (Fsp3) is 0.273. The molecule has 6 rings (SSSR count). The van der Waals surface area contributed by atoms with Gasteiger partial charge in [0.05, 0.1) is 23.3 Å². The van der Waals surface area contributed by atoms with Crippen molar-refractivity contribution in [3.8, 4) is 5.69 Å². The summed E-state index contributed by atoms with van der Waals surface area (Å²) in [4.78, 5) is 23.9. The van der Waals surface area contributed by atoms with Crippen molar-refractivity contribution in [3.05, 3.63) is 77.1 Å².